The number of amides is 2. The van der Waals surface area contributed by atoms with Crippen LogP contribution < -0.4 is 14.8 Å². The second kappa shape index (κ2) is 13.8. The number of ether oxygens (including phenoxy) is 2. The van der Waals surface area contributed by atoms with Crippen molar-refractivity contribution in [1.82, 2.24) is 20.0 Å². The van der Waals surface area contributed by atoms with Crippen molar-refractivity contribution >= 4 is 11.8 Å². The Balaban J connectivity index is 1.61. The largest absolute Gasteiger partial charge is 0.508 e. The number of rotatable bonds is 12. The van der Waals surface area contributed by atoms with Crippen LogP contribution in [-0.4, -0.2) is 83.2 Å². The minimum atomic E-state index is -0.381. The van der Waals surface area contributed by atoms with Crippen LogP contribution in [0.2, 0.25) is 0 Å². The molecule has 42 heavy (non-hydrogen) atoms. The minimum Gasteiger partial charge on any atom is -0.508 e. The Morgan fingerprint density at radius 1 is 1.12 bits per heavy atom. The summed E-state index contributed by atoms with van der Waals surface area (Å²) in [6, 6.07) is 12.5. The minimum absolute atomic E-state index is 0.0291. The zero-order valence-electron chi connectivity index (χ0n) is 26.1. The van der Waals surface area contributed by atoms with Crippen LogP contribution in [0, 0.1) is 5.41 Å². The van der Waals surface area contributed by atoms with E-state index in [0.29, 0.717) is 38.2 Å². The monoisotopic (exact) mass is 580 g/mol. The summed E-state index contributed by atoms with van der Waals surface area (Å²) >= 11 is 0. The second-order valence-corrected chi connectivity index (χ2v) is 13.0. The molecule has 3 atom stereocenters. The van der Waals surface area contributed by atoms with Crippen LogP contribution in [0.3, 0.4) is 0 Å². The third-order valence-electron chi connectivity index (χ3n) is 8.07. The maximum atomic E-state index is 14.1. The van der Waals surface area contributed by atoms with Gasteiger partial charge in [0.2, 0.25) is 18.6 Å². The van der Waals surface area contributed by atoms with Gasteiger partial charge < -0.3 is 29.7 Å². The van der Waals surface area contributed by atoms with Crippen molar-refractivity contribution in [2.24, 2.45) is 5.41 Å². The highest BCUT2D eigenvalue weighted by Gasteiger charge is 2.42. The van der Waals surface area contributed by atoms with Crippen molar-refractivity contribution in [1.29, 1.82) is 0 Å². The fraction of sp³-hybridized carbons (Fsp3) is 0.576. The summed E-state index contributed by atoms with van der Waals surface area (Å²) in [6.45, 7) is 13.7. The van der Waals surface area contributed by atoms with Crippen molar-refractivity contribution < 1.29 is 24.2 Å². The number of hydrogen-bond donors (Lipinski definition) is 2. The molecule has 4 rings (SSSR count). The number of carbonyl (C=O) groups excluding carboxylic acids is 2. The van der Waals surface area contributed by atoms with Gasteiger partial charge in [0, 0.05) is 51.7 Å². The Labute approximate surface area is 250 Å². The maximum absolute atomic E-state index is 14.1. The SMILES string of the molecule is CCCNC[C@@H](C)N(C)C(=O)[C@@H]1C[C@H](N(Cc2cccc(O)c2)C(=O)CC(C)(C)C)CN1Cc1ccc2c(c1)OCO2. The van der Waals surface area contributed by atoms with Crippen molar-refractivity contribution in [2.45, 2.75) is 85.1 Å². The van der Waals surface area contributed by atoms with E-state index < -0.39 is 0 Å². The van der Waals surface area contributed by atoms with E-state index in [1.807, 2.05) is 41.1 Å². The van der Waals surface area contributed by atoms with Gasteiger partial charge in [-0.05, 0) is 67.1 Å². The molecule has 0 spiro atoms. The smallest absolute Gasteiger partial charge is 0.240 e. The van der Waals surface area contributed by atoms with Gasteiger partial charge in [0.15, 0.2) is 11.5 Å². The molecule has 9 nitrogen and oxygen atoms in total. The molecule has 2 aromatic carbocycles. The van der Waals surface area contributed by atoms with Crippen molar-refractivity contribution in [3.05, 3.63) is 53.6 Å². The van der Waals surface area contributed by atoms with E-state index in [1.54, 1.807) is 18.2 Å². The van der Waals surface area contributed by atoms with Crippen LogP contribution in [0.4, 0.5) is 0 Å². The Bertz CT molecular complexity index is 1230. The molecular formula is C33H48N4O5. The molecule has 2 heterocycles. The van der Waals surface area contributed by atoms with E-state index in [4.69, 9.17) is 9.47 Å². The van der Waals surface area contributed by atoms with Gasteiger partial charge in [-0.3, -0.25) is 14.5 Å². The Morgan fingerprint density at radius 3 is 2.60 bits per heavy atom. The summed E-state index contributed by atoms with van der Waals surface area (Å²) in [6.07, 6.45) is 1.97. The number of aromatic hydroxyl groups is 1. The number of likely N-dealkylation sites (N-methyl/N-ethyl adjacent to an activating group) is 1. The number of hydrogen-bond acceptors (Lipinski definition) is 7. The van der Waals surface area contributed by atoms with Gasteiger partial charge in [0.05, 0.1) is 6.04 Å². The molecule has 1 saturated heterocycles. The molecule has 2 aliphatic rings. The first-order valence-electron chi connectivity index (χ1n) is 15.1. The summed E-state index contributed by atoms with van der Waals surface area (Å²) in [5.74, 6) is 1.72. The first kappa shape index (κ1) is 31.6. The summed E-state index contributed by atoms with van der Waals surface area (Å²) in [7, 11) is 1.88. The number of phenolic OH excluding ortho intramolecular Hbond substituents is 1. The number of likely N-dealkylation sites (tertiary alicyclic amines) is 1. The number of carbonyl (C=O) groups is 2. The molecule has 2 aromatic rings. The Kier molecular flexibility index (Phi) is 10.4. The summed E-state index contributed by atoms with van der Waals surface area (Å²) < 4.78 is 11.1. The highest BCUT2D eigenvalue weighted by molar-refractivity contribution is 5.83. The second-order valence-electron chi connectivity index (χ2n) is 13.0. The van der Waals surface area contributed by atoms with Crippen molar-refractivity contribution in [3.63, 3.8) is 0 Å². The topological polar surface area (TPSA) is 94.6 Å². The molecule has 1 fully saturated rings. The standard InChI is InChI=1S/C33H48N4O5/c1-7-13-34-18-23(2)35(6)32(40)28-16-26(21-36(28)19-25-11-12-29-30(15-25)42-22-41-29)37(31(39)17-33(3,4)5)20-24-9-8-10-27(38)14-24/h8-12,14-15,23,26,28,34,38H,7,13,16-22H2,1-6H3/t23-,26+,28+/m1/s1. The van der Waals surface area contributed by atoms with E-state index in [0.717, 1.165) is 36.4 Å². The number of nitrogens with zero attached hydrogens (tertiary/aromatic N) is 3. The number of fused-ring (bicyclic) bond motifs is 1. The van der Waals surface area contributed by atoms with Gasteiger partial charge in [-0.2, -0.15) is 0 Å². The average Bonchev–Trinajstić information content (AvgIpc) is 3.57. The van der Waals surface area contributed by atoms with E-state index in [2.05, 4.69) is 44.8 Å². The predicted octanol–water partition coefficient (Wildman–Crippen LogP) is 4.38. The van der Waals surface area contributed by atoms with Crippen LogP contribution in [-0.2, 0) is 22.7 Å². The van der Waals surface area contributed by atoms with E-state index in [1.165, 1.54) is 0 Å². The molecule has 0 unspecified atom stereocenters. The quantitative estimate of drug-likeness (QED) is 0.360. The Morgan fingerprint density at radius 2 is 1.88 bits per heavy atom. The first-order valence-corrected chi connectivity index (χ1v) is 15.1. The fourth-order valence-corrected chi connectivity index (χ4v) is 5.72. The fourth-order valence-electron chi connectivity index (χ4n) is 5.72. The van der Waals surface area contributed by atoms with Gasteiger partial charge >= 0.3 is 0 Å². The zero-order valence-corrected chi connectivity index (χ0v) is 26.1. The lowest BCUT2D eigenvalue weighted by atomic mass is 9.91. The molecule has 2 amide bonds. The molecule has 0 bridgehead atoms. The van der Waals surface area contributed by atoms with Gasteiger partial charge in [-0.1, -0.05) is 45.9 Å². The molecule has 2 aliphatic heterocycles. The predicted molar refractivity (Wildman–Crippen MR) is 163 cm³/mol. The molecule has 0 aliphatic carbocycles. The van der Waals surface area contributed by atoms with E-state index in [9.17, 15) is 14.7 Å². The average molecular weight is 581 g/mol. The van der Waals surface area contributed by atoms with Crippen molar-refractivity contribution in [3.8, 4) is 17.2 Å². The summed E-state index contributed by atoms with van der Waals surface area (Å²) in [4.78, 5) is 33.8. The summed E-state index contributed by atoms with van der Waals surface area (Å²) in [5.41, 5.74) is 1.70. The van der Waals surface area contributed by atoms with Crippen LogP contribution in [0.15, 0.2) is 42.5 Å². The van der Waals surface area contributed by atoms with Gasteiger partial charge in [-0.15, -0.1) is 0 Å². The number of nitrogens with one attached hydrogen (secondary N) is 1. The lowest BCUT2D eigenvalue weighted by molar-refractivity contribution is -0.138. The number of phenols is 1. The number of benzene rings is 2. The zero-order chi connectivity index (χ0) is 30.4. The normalized spacial score (nSPS) is 19.1. The van der Waals surface area contributed by atoms with Crippen molar-refractivity contribution in [2.75, 3.05) is 33.5 Å². The lowest BCUT2D eigenvalue weighted by Crippen LogP contribution is -2.49. The molecule has 0 aromatic heterocycles. The van der Waals surface area contributed by atoms with Crippen LogP contribution in [0.25, 0.3) is 0 Å². The van der Waals surface area contributed by atoms with Crippen LogP contribution >= 0.6 is 0 Å². The third kappa shape index (κ3) is 8.16. The third-order valence-corrected chi connectivity index (χ3v) is 8.07. The van der Waals surface area contributed by atoms with Gasteiger partial charge in [0.25, 0.3) is 0 Å². The summed E-state index contributed by atoms with van der Waals surface area (Å²) in [5, 5.41) is 13.5. The lowest BCUT2D eigenvalue weighted by Gasteiger charge is -2.32. The first-order chi connectivity index (χ1) is 19.9. The highest BCUT2D eigenvalue weighted by Crippen LogP contribution is 2.35. The molecular weight excluding hydrogens is 532 g/mol. The van der Waals surface area contributed by atoms with Crippen LogP contribution in [0.5, 0.6) is 17.2 Å². The Hall–Kier alpha value is -3.30. The van der Waals surface area contributed by atoms with Gasteiger partial charge in [-0.25, -0.2) is 0 Å². The van der Waals surface area contributed by atoms with Gasteiger partial charge in [0.1, 0.15) is 5.75 Å². The van der Waals surface area contributed by atoms with Crippen LogP contribution in [0.1, 0.15) is 65.0 Å². The molecule has 230 valence electrons. The maximum Gasteiger partial charge on any atom is 0.240 e. The highest BCUT2D eigenvalue weighted by atomic mass is 16.7. The molecule has 0 saturated carbocycles. The van der Waals surface area contributed by atoms with E-state index in [-0.39, 0.29) is 47.9 Å². The molecule has 2 N–H and O–H groups in total. The van der Waals surface area contributed by atoms with E-state index >= 15 is 0 Å². The molecule has 0 radical (unpaired) electrons. The molecule has 9 heteroatoms.